The molecule has 34 heavy (non-hydrogen) atoms. The molecular weight excluding hydrogens is 454 g/mol. The molecule has 0 saturated heterocycles. The van der Waals surface area contributed by atoms with Gasteiger partial charge >= 0.3 is 5.69 Å². The largest absolute Gasteiger partial charge is 0.494 e. The van der Waals surface area contributed by atoms with Crippen LogP contribution in [0.25, 0.3) is 17.8 Å². The second-order valence-corrected chi connectivity index (χ2v) is 8.00. The van der Waals surface area contributed by atoms with Gasteiger partial charge in [0.05, 0.1) is 16.7 Å². The van der Waals surface area contributed by atoms with Gasteiger partial charge in [-0.3, -0.25) is 9.78 Å². The Bertz CT molecular complexity index is 1630. The molecule has 2 N–H and O–H groups in total. The van der Waals surface area contributed by atoms with E-state index in [-0.39, 0.29) is 12.2 Å². The van der Waals surface area contributed by atoms with Crippen LogP contribution in [0.1, 0.15) is 11.1 Å². The van der Waals surface area contributed by atoms with Crippen LogP contribution in [0.2, 0.25) is 5.02 Å². The summed E-state index contributed by atoms with van der Waals surface area (Å²) in [5.41, 5.74) is 0.170. The van der Waals surface area contributed by atoms with Crippen LogP contribution in [0.15, 0.2) is 93.1 Å². The van der Waals surface area contributed by atoms with Crippen LogP contribution in [-0.4, -0.2) is 14.7 Å². The SMILES string of the molecule is O=c1[nH]c(=O)n(-c2ccc(OCc3ccccc3Cl)cc2)c(O)c1C=C1C=c2ccccc2=N1. The average Bonchev–Trinajstić information content (AvgIpc) is 3.25. The number of hydrogen-bond acceptors (Lipinski definition) is 5. The summed E-state index contributed by atoms with van der Waals surface area (Å²) >= 11 is 6.16. The van der Waals surface area contributed by atoms with Gasteiger partial charge in [0.15, 0.2) is 0 Å². The molecule has 168 valence electrons. The van der Waals surface area contributed by atoms with E-state index >= 15 is 0 Å². The second-order valence-electron chi connectivity index (χ2n) is 7.59. The Kier molecular flexibility index (Phi) is 5.61. The predicted octanol–water partition coefficient (Wildman–Crippen LogP) is 2.92. The first-order chi connectivity index (χ1) is 16.5. The van der Waals surface area contributed by atoms with E-state index in [1.54, 1.807) is 36.4 Å². The Labute approximate surface area is 198 Å². The van der Waals surface area contributed by atoms with Gasteiger partial charge in [-0.2, -0.15) is 0 Å². The van der Waals surface area contributed by atoms with Gasteiger partial charge < -0.3 is 9.84 Å². The zero-order valence-electron chi connectivity index (χ0n) is 17.7. The van der Waals surface area contributed by atoms with E-state index < -0.39 is 17.1 Å². The summed E-state index contributed by atoms with van der Waals surface area (Å²) in [6.45, 7) is 0.281. The Hall–Kier alpha value is -4.36. The molecule has 0 bridgehead atoms. The Morgan fingerprint density at radius 3 is 2.50 bits per heavy atom. The molecule has 0 aliphatic carbocycles. The summed E-state index contributed by atoms with van der Waals surface area (Å²) in [5.74, 6) is 0.0747. The lowest BCUT2D eigenvalue weighted by Crippen LogP contribution is -2.30. The molecule has 0 spiro atoms. The van der Waals surface area contributed by atoms with Crippen molar-refractivity contribution in [2.45, 2.75) is 6.61 Å². The average molecular weight is 472 g/mol. The van der Waals surface area contributed by atoms with E-state index in [0.29, 0.717) is 22.2 Å². The van der Waals surface area contributed by atoms with Gasteiger partial charge in [-0.1, -0.05) is 48.0 Å². The topological polar surface area (TPSA) is 96.7 Å². The van der Waals surface area contributed by atoms with Crippen LogP contribution >= 0.6 is 11.6 Å². The molecule has 1 aromatic heterocycles. The summed E-state index contributed by atoms with van der Waals surface area (Å²) in [6.07, 6.45) is 3.25. The molecule has 3 aromatic carbocycles. The van der Waals surface area contributed by atoms with Crippen LogP contribution < -0.4 is 26.6 Å². The molecular formula is C26H18ClN3O4. The Morgan fingerprint density at radius 2 is 1.74 bits per heavy atom. The van der Waals surface area contributed by atoms with Crippen LogP contribution in [0.5, 0.6) is 11.6 Å². The molecule has 8 heteroatoms. The molecule has 0 unspecified atom stereocenters. The third-order valence-electron chi connectivity index (χ3n) is 5.35. The van der Waals surface area contributed by atoms with E-state index in [2.05, 4.69) is 9.98 Å². The first-order valence-corrected chi connectivity index (χ1v) is 10.8. The van der Waals surface area contributed by atoms with Crippen molar-refractivity contribution in [2.24, 2.45) is 4.99 Å². The number of nitrogens with zero attached hydrogens (tertiary/aromatic N) is 2. The molecule has 5 rings (SSSR count). The number of halogens is 1. The van der Waals surface area contributed by atoms with Gasteiger partial charge in [0.25, 0.3) is 5.56 Å². The third-order valence-corrected chi connectivity index (χ3v) is 5.72. The molecule has 0 amide bonds. The highest BCUT2D eigenvalue weighted by Gasteiger charge is 2.15. The third kappa shape index (κ3) is 4.16. The second kappa shape index (κ2) is 8.88. The first kappa shape index (κ1) is 21.5. The highest BCUT2D eigenvalue weighted by molar-refractivity contribution is 6.31. The van der Waals surface area contributed by atoms with Crippen LogP contribution in [0, 0.1) is 0 Å². The fourth-order valence-corrected chi connectivity index (χ4v) is 3.83. The van der Waals surface area contributed by atoms with E-state index in [1.165, 1.54) is 6.08 Å². The number of benzene rings is 3. The van der Waals surface area contributed by atoms with Gasteiger partial charge in [0.1, 0.15) is 17.9 Å². The van der Waals surface area contributed by atoms with E-state index in [0.717, 1.165) is 20.7 Å². The number of fused-ring (bicyclic) bond motifs is 1. The number of aromatic amines is 1. The zero-order chi connectivity index (χ0) is 23.7. The number of allylic oxidation sites excluding steroid dienone is 1. The number of rotatable bonds is 5. The standard InChI is InChI=1S/C26H18ClN3O4/c27-22-7-3-1-6-17(22)15-34-20-11-9-19(10-12-20)30-25(32)21(24(31)29-26(30)33)14-18-13-16-5-2-4-8-23(16)28-18/h1-14,32H,15H2,(H,29,31,33). The molecule has 0 radical (unpaired) electrons. The molecule has 1 aliphatic rings. The van der Waals surface area contributed by atoms with Crippen molar-refractivity contribution in [1.29, 1.82) is 0 Å². The van der Waals surface area contributed by atoms with Crippen LogP contribution in [0.4, 0.5) is 0 Å². The van der Waals surface area contributed by atoms with E-state index in [9.17, 15) is 14.7 Å². The zero-order valence-corrected chi connectivity index (χ0v) is 18.5. The lowest BCUT2D eigenvalue weighted by atomic mass is 10.2. The van der Waals surface area contributed by atoms with Crippen molar-refractivity contribution in [1.82, 2.24) is 9.55 Å². The fourth-order valence-electron chi connectivity index (χ4n) is 3.64. The number of nitrogens with one attached hydrogen (secondary N) is 1. The van der Waals surface area contributed by atoms with Gasteiger partial charge in [0.2, 0.25) is 5.88 Å². The minimum Gasteiger partial charge on any atom is -0.494 e. The van der Waals surface area contributed by atoms with Gasteiger partial charge in [-0.25, -0.2) is 14.4 Å². The maximum absolute atomic E-state index is 12.5. The highest BCUT2D eigenvalue weighted by atomic mass is 35.5. The normalized spacial score (nSPS) is 13.3. The van der Waals surface area contributed by atoms with Crippen molar-refractivity contribution >= 4 is 23.8 Å². The molecule has 1 aliphatic heterocycles. The highest BCUT2D eigenvalue weighted by Crippen LogP contribution is 2.23. The van der Waals surface area contributed by atoms with E-state index in [4.69, 9.17) is 16.3 Å². The Balaban J connectivity index is 1.46. The number of ether oxygens (including phenoxy) is 1. The van der Waals surface area contributed by atoms with Gasteiger partial charge in [0, 0.05) is 15.8 Å². The lowest BCUT2D eigenvalue weighted by molar-refractivity contribution is 0.306. The van der Waals surface area contributed by atoms with Gasteiger partial charge in [-0.15, -0.1) is 0 Å². The minimum absolute atomic E-state index is 0.0681. The molecule has 0 fully saturated rings. The van der Waals surface area contributed by atoms with Crippen molar-refractivity contribution in [3.63, 3.8) is 0 Å². The van der Waals surface area contributed by atoms with Crippen LogP contribution in [0.3, 0.4) is 0 Å². The number of H-pyrrole nitrogens is 1. The van der Waals surface area contributed by atoms with Gasteiger partial charge in [-0.05, 0) is 48.6 Å². The lowest BCUT2D eigenvalue weighted by Gasteiger charge is -2.12. The smallest absolute Gasteiger partial charge is 0.335 e. The maximum atomic E-state index is 12.5. The van der Waals surface area contributed by atoms with Crippen molar-refractivity contribution in [3.8, 4) is 17.3 Å². The summed E-state index contributed by atoms with van der Waals surface area (Å²) < 4.78 is 6.79. The minimum atomic E-state index is -0.759. The first-order valence-electron chi connectivity index (χ1n) is 10.4. The molecule has 2 heterocycles. The van der Waals surface area contributed by atoms with Crippen molar-refractivity contribution in [3.05, 3.63) is 126 Å². The predicted molar refractivity (Wildman–Crippen MR) is 130 cm³/mol. The van der Waals surface area contributed by atoms with Crippen molar-refractivity contribution < 1.29 is 9.84 Å². The molecule has 4 aromatic rings. The quantitative estimate of drug-likeness (QED) is 0.467. The number of hydrogen-bond donors (Lipinski definition) is 2. The fraction of sp³-hybridized carbons (Fsp3) is 0.0385. The van der Waals surface area contributed by atoms with Crippen molar-refractivity contribution in [2.75, 3.05) is 0 Å². The number of aromatic hydroxyl groups is 1. The summed E-state index contributed by atoms with van der Waals surface area (Å²) in [7, 11) is 0. The van der Waals surface area contributed by atoms with Crippen LogP contribution in [-0.2, 0) is 6.61 Å². The monoisotopic (exact) mass is 471 g/mol. The number of para-hydroxylation sites is 1. The maximum Gasteiger partial charge on any atom is 0.335 e. The summed E-state index contributed by atoms with van der Waals surface area (Å²) in [6, 6.07) is 21.4. The summed E-state index contributed by atoms with van der Waals surface area (Å²) in [5, 5.41) is 13.1. The summed E-state index contributed by atoms with van der Waals surface area (Å²) in [4.78, 5) is 31.7. The number of aromatic nitrogens is 2. The molecule has 0 saturated carbocycles. The van der Waals surface area contributed by atoms with E-state index in [1.807, 2.05) is 42.5 Å². The molecule has 7 nitrogen and oxygen atoms in total. The Morgan fingerprint density at radius 1 is 1.00 bits per heavy atom. The molecule has 0 atom stereocenters.